The fourth-order valence-electron chi connectivity index (χ4n) is 1.76. The topological polar surface area (TPSA) is 42.9 Å². The van der Waals surface area contributed by atoms with Gasteiger partial charge in [-0.15, -0.1) is 0 Å². The molecule has 0 radical (unpaired) electrons. The van der Waals surface area contributed by atoms with Gasteiger partial charge < -0.3 is 0 Å². The van der Waals surface area contributed by atoms with Crippen molar-refractivity contribution >= 4 is 5.78 Å². The molecule has 2 heterocycles. The highest BCUT2D eigenvalue weighted by molar-refractivity contribution is 6.03. The lowest BCUT2D eigenvalue weighted by Gasteiger charge is -2.23. The van der Waals surface area contributed by atoms with Crippen LogP contribution in [0.25, 0.3) is 0 Å². The number of carbonyl (C=O) groups excluding carboxylic acids is 1. The van der Waals surface area contributed by atoms with Crippen LogP contribution < -0.4 is 0 Å². The van der Waals surface area contributed by atoms with E-state index >= 15 is 0 Å². The first kappa shape index (κ1) is 11.5. The van der Waals surface area contributed by atoms with Crippen LogP contribution in [0.3, 0.4) is 0 Å². The molecule has 2 aromatic heterocycles. The van der Waals surface area contributed by atoms with Gasteiger partial charge in [0.2, 0.25) is 0 Å². The summed E-state index contributed by atoms with van der Waals surface area (Å²) >= 11 is 0. The molecule has 2 rings (SSSR count). The Kier molecular flexibility index (Phi) is 3.00. The van der Waals surface area contributed by atoms with Gasteiger partial charge in [0.25, 0.3) is 0 Å². The average molecular weight is 226 g/mol. The van der Waals surface area contributed by atoms with Gasteiger partial charge in [-0.05, 0) is 43.7 Å². The molecular formula is C14H14N2O. The molecule has 0 N–H and O–H groups in total. The molecule has 3 nitrogen and oxygen atoms in total. The van der Waals surface area contributed by atoms with Gasteiger partial charge in [0.15, 0.2) is 5.78 Å². The first-order valence-electron chi connectivity index (χ1n) is 5.47. The summed E-state index contributed by atoms with van der Waals surface area (Å²) in [6, 6.07) is 7.23. The third kappa shape index (κ3) is 2.23. The van der Waals surface area contributed by atoms with Crippen molar-refractivity contribution in [2.75, 3.05) is 0 Å². The molecule has 0 aliphatic heterocycles. The normalized spacial score (nSPS) is 11.2. The van der Waals surface area contributed by atoms with E-state index in [0.717, 1.165) is 5.56 Å². The lowest BCUT2D eigenvalue weighted by Crippen LogP contribution is -2.29. The van der Waals surface area contributed by atoms with E-state index in [9.17, 15) is 4.79 Å². The van der Waals surface area contributed by atoms with Crippen LogP contribution >= 0.6 is 0 Å². The van der Waals surface area contributed by atoms with E-state index in [-0.39, 0.29) is 5.78 Å². The minimum absolute atomic E-state index is 0.0890. The third-order valence-electron chi connectivity index (χ3n) is 2.91. The van der Waals surface area contributed by atoms with Crippen molar-refractivity contribution in [2.45, 2.75) is 19.3 Å². The SMILES string of the molecule is CC(C)(C(=O)c1ccncc1)c1ccncc1. The summed E-state index contributed by atoms with van der Waals surface area (Å²) < 4.78 is 0. The summed E-state index contributed by atoms with van der Waals surface area (Å²) in [5, 5.41) is 0. The van der Waals surface area contributed by atoms with Crippen LogP contribution in [0.5, 0.6) is 0 Å². The molecule has 0 spiro atoms. The van der Waals surface area contributed by atoms with E-state index in [2.05, 4.69) is 9.97 Å². The zero-order valence-corrected chi connectivity index (χ0v) is 9.92. The van der Waals surface area contributed by atoms with Gasteiger partial charge in [-0.2, -0.15) is 0 Å². The van der Waals surface area contributed by atoms with Gasteiger partial charge >= 0.3 is 0 Å². The second kappa shape index (κ2) is 4.45. The maximum atomic E-state index is 12.4. The number of ketones is 1. The lowest BCUT2D eigenvalue weighted by atomic mass is 9.78. The van der Waals surface area contributed by atoms with Crippen molar-refractivity contribution in [1.82, 2.24) is 9.97 Å². The molecule has 0 amide bonds. The molecular weight excluding hydrogens is 212 g/mol. The van der Waals surface area contributed by atoms with E-state index in [4.69, 9.17) is 0 Å². The fourth-order valence-corrected chi connectivity index (χ4v) is 1.76. The molecule has 0 saturated heterocycles. The first-order chi connectivity index (χ1) is 8.12. The fraction of sp³-hybridized carbons (Fsp3) is 0.214. The standard InChI is InChI=1S/C14H14N2O/c1-14(2,12-5-9-16-10-6-12)13(17)11-3-7-15-8-4-11/h3-10H,1-2H3. The zero-order valence-electron chi connectivity index (χ0n) is 9.92. The van der Waals surface area contributed by atoms with Crippen molar-refractivity contribution in [3.8, 4) is 0 Å². The van der Waals surface area contributed by atoms with Gasteiger partial charge in [-0.3, -0.25) is 14.8 Å². The molecule has 0 aromatic carbocycles. The van der Waals surface area contributed by atoms with Gasteiger partial charge in [-0.1, -0.05) is 0 Å². The van der Waals surface area contributed by atoms with Gasteiger partial charge in [0, 0.05) is 30.4 Å². The minimum Gasteiger partial charge on any atom is -0.293 e. The highest BCUT2D eigenvalue weighted by Crippen LogP contribution is 2.26. The van der Waals surface area contributed by atoms with Crippen molar-refractivity contribution in [2.24, 2.45) is 0 Å². The third-order valence-corrected chi connectivity index (χ3v) is 2.91. The summed E-state index contributed by atoms with van der Waals surface area (Å²) in [6.07, 6.45) is 6.68. The number of Topliss-reactive ketones (excluding diaryl/α,β-unsaturated/α-hetero) is 1. The second-order valence-corrected chi connectivity index (χ2v) is 4.43. The Hall–Kier alpha value is -2.03. The lowest BCUT2D eigenvalue weighted by molar-refractivity contribution is 0.0908. The molecule has 0 saturated carbocycles. The van der Waals surface area contributed by atoms with Crippen molar-refractivity contribution in [3.63, 3.8) is 0 Å². The summed E-state index contributed by atoms with van der Waals surface area (Å²) in [7, 11) is 0. The number of carbonyl (C=O) groups is 1. The summed E-state index contributed by atoms with van der Waals surface area (Å²) in [4.78, 5) is 20.3. The molecule has 0 bridgehead atoms. The van der Waals surface area contributed by atoms with Crippen LogP contribution in [0.4, 0.5) is 0 Å². The molecule has 0 unspecified atom stereocenters. The monoisotopic (exact) mass is 226 g/mol. The average Bonchev–Trinajstić information content (AvgIpc) is 2.40. The Morgan fingerprint density at radius 2 is 1.41 bits per heavy atom. The smallest absolute Gasteiger partial charge is 0.172 e. The van der Waals surface area contributed by atoms with E-state index in [0.29, 0.717) is 5.56 Å². The summed E-state index contributed by atoms with van der Waals surface area (Å²) in [5.74, 6) is 0.0890. The molecule has 0 aliphatic rings. The number of rotatable bonds is 3. The molecule has 3 heteroatoms. The number of hydrogen-bond acceptors (Lipinski definition) is 3. The highest BCUT2D eigenvalue weighted by atomic mass is 16.1. The quantitative estimate of drug-likeness (QED) is 0.755. The summed E-state index contributed by atoms with van der Waals surface area (Å²) in [5.41, 5.74) is 1.10. The molecule has 0 atom stereocenters. The van der Waals surface area contributed by atoms with Crippen molar-refractivity contribution < 1.29 is 4.79 Å². The van der Waals surface area contributed by atoms with Crippen LogP contribution in [0.15, 0.2) is 49.1 Å². The summed E-state index contributed by atoms with van der Waals surface area (Å²) in [6.45, 7) is 3.84. The predicted octanol–water partition coefficient (Wildman–Crippen LogP) is 2.64. The zero-order chi connectivity index (χ0) is 12.3. The molecule has 86 valence electrons. The van der Waals surface area contributed by atoms with Gasteiger partial charge in [0.1, 0.15) is 0 Å². The van der Waals surface area contributed by atoms with Crippen LogP contribution in [-0.4, -0.2) is 15.8 Å². The van der Waals surface area contributed by atoms with E-state index in [1.807, 2.05) is 26.0 Å². The Labute approximate surface area is 101 Å². The van der Waals surface area contributed by atoms with E-state index in [1.165, 1.54) is 0 Å². The van der Waals surface area contributed by atoms with Gasteiger partial charge in [0.05, 0.1) is 5.41 Å². The Morgan fingerprint density at radius 3 is 1.94 bits per heavy atom. The number of aromatic nitrogens is 2. The predicted molar refractivity (Wildman–Crippen MR) is 65.8 cm³/mol. The van der Waals surface area contributed by atoms with E-state index < -0.39 is 5.41 Å². The molecule has 2 aromatic rings. The van der Waals surface area contributed by atoms with Crippen LogP contribution in [-0.2, 0) is 5.41 Å². The largest absolute Gasteiger partial charge is 0.293 e. The molecule has 17 heavy (non-hydrogen) atoms. The number of nitrogens with zero attached hydrogens (tertiary/aromatic N) is 2. The van der Waals surface area contributed by atoms with E-state index in [1.54, 1.807) is 36.9 Å². The van der Waals surface area contributed by atoms with Crippen molar-refractivity contribution in [1.29, 1.82) is 0 Å². The molecule has 0 fully saturated rings. The van der Waals surface area contributed by atoms with Gasteiger partial charge in [-0.25, -0.2) is 0 Å². The Bertz CT molecular complexity index is 506. The maximum absolute atomic E-state index is 12.4. The number of hydrogen-bond donors (Lipinski definition) is 0. The minimum atomic E-state index is -0.551. The first-order valence-corrected chi connectivity index (χ1v) is 5.47. The van der Waals surface area contributed by atoms with Crippen LogP contribution in [0.1, 0.15) is 29.8 Å². The second-order valence-electron chi connectivity index (χ2n) is 4.43. The van der Waals surface area contributed by atoms with Crippen LogP contribution in [0, 0.1) is 0 Å². The highest BCUT2D eigenvalue weighted by Gasteiger charge is 2.30. The van der Waals surface area contributed by atoms with Crippen molar-refractivity contribution in [3.05, 3.63) is 60.2 Å². The maximum Gasteiger partial charge on any atom is 0.172 e. The molecule has 0 aliphatic carbocycles. The number of pyridine rings is 2. The Morgan fingerprint density at radius 1 is 0.941 bits per heavy atom. The Balaban J connectivity index is 2.37. The van der Waals surface area contributed by atoms with Crippen LogP contribution in [0.2, 0.25) is 0 Å².